The molecule has 2 N–H and O–H groups in total. The Kier molecular flexibility index (Phi) is 7.02. The number of benzene rings is 1. The minimum Gasteiger partial charge on any atom is -0.493 e. The number of ether oxygens (including phenoxy) is 2. The zero-order chi connectivity index (χ0) is 15.8. The third-order valence-electron chi connectivity index (χ3n) is 3.11. The molecule has 1 aromatic rings. The fourth-order valence-corrected chi connectivity index (χ4v) is 2.15. The van der Waals surface area contributed by atoms with Crippen molar-refractivity contribution in [2.45, 2.75) is 39.8 Å². The summed E-state index contributed by atoms with van der Waals surface area (Å²) in [5.74, 6) is 0.815. The first-order chi connectivity index (χ1) is 9.99. The van der Waals surface area contributed by atoms with Crippen LogP contribution in [0.3, 0.4) is 0 Å². The van der Waals surface area contributed by atoms with E-state index < -0.39 is 12.0 Å². The number of methoxy groups -OCH3 is 1. The van der Waals surface area contributed by atoms with Gasteiger partial charge in [-0.25, -0.2) is 0 Å². The zero-order valence-corrected chi connectivity index (χ0v) is 13.2. The van der Waals surface area contributed by atoms with E-state index in [2.05, 4.69) is 5.32 Å². The van der Waals surface area contributed by atoms with Crippen LogP contribution < -0.4 is 14.8 Å². The molecule has 1 rings (SSSR count). The maximum atomic E-state index is 11.3. The fraction of sp³-hybridized carbons (Fsp3) is 0.562. The molecule has 0 saturated heterocycles. The van der Waals surface area contributed by atoms with Crippen LogP contribution in [0.1, 0.15) is 32.8 Å². The molecule has 0 radical (unpaired) electrons. The van der Waals surface area contributed by atoms with E-state index in [9.17, 15) is 9.90 Å². The molecule has 0 bridgehead atoms. The highest BCUT2D eigenvalue weighted by Crippen LogP contribution is 2.31. The van der Waals surface area contributed by atoms with Crippen molar-refractivity contribution in [3.63, 3.8) is 0 Å². The summed E-state index contributed by atoms with van der Waals surface area (Å²) in [4.78, 5) is 11.3. The minimum atomic E-state index is -0.829. The van der Waals surface area contributed by atoms with Gasteiger partial charge in [0.05, 0.1) is 13.7 Å². The van der Waals surface area contributed by atoms with Crippen LogP contribution in [0.5, 0.6) is 11.5 Å². The fourth-order valence-electron chi connectivity index (χ4n) is 2.15. The van der Waals surface area contributed by atoms with Gasteiger partial charge >= 0.3 is 5.97 Å². The van der Waals surface area contributed by atoms with Crippen LogP contribution in [0.4, 0.5) is 0 Å². The number of carboxylic acids is 1. The molecule has 1 aromatic carbocycles. The maximum absolute atomic E-state index is 11.3. The number of nitrogens with one attached hydrogen (secondary N) is 1. The lowest BCUT2D eigenvalue weighted by Crippen LogP contribution is -2.37. The molecule has 0 aromatic heterocycles. The summed E-state index contributed by atoms with van der Waals surface area (Å²) in [5, 5.41) is 12.3. The van der Waals surface area contributed by atoms with E-state index >= 15 is 0 Å². The Hall–Kier alpha value is -1.75. The van der Waals surface area contributed by atoms with Gasteiger partial charge in [-0.2, -0.15) is 0 Å². The predicted octanol–water partition coefficient (Wildman–Crippen LogP) is 2.68. The van der Waals surface area contributed by atoms with Crippen LogP contribution in [0.15, 0.2) is 18.2 Å². The van der Waals surface area contributed by atoms with Gasteiger partial charge in [-0.1, -0.05) is 26.0 Å². The van der Waals surface area contributed by atoms with Crippen LogP contribution >= 0.6 is 0 Å². The van der Waals surface area contributed by atoms with Crippen LogP contribution in [-0.4, -0.2) is 30.8 Å². The molecule has 0 heterocycles. The van der Waals surface area contributed by atoms with Crippen LogP contribution in [0.2, 0.25) is 0 Å². The Balaban J connectivity index is 2.84. The molecule has 0 amide bonds. The number of aliphatic carboxylic acids is 1. The van der Waals surface area contributed by atoms with E-state index in [1.807, 2.05) is 39.0 Å². The smallest absolute Gasteiger partial charge is 0.320 e. The SMILES string of the molecule is CCOc1c(CNC(CC(C)C)C(=O)O)cccc1OC. The Morgan fingerprint density at radius 3 is 2.62 bits per heavy atom. The highest BCUT2D eigenvalue weighted by atomic mass is 16.5. The molecule has 0 aliphatic rings. The summed E-state index contributed by atoms with van der Waals surface area (Å²) in [6.45, 7) is 6.88. The number of rotatable bonds is 9. The number of carbonyl (C=O) groups is 1. The lowest BCUT2D eigenvalue weighted by atomic mass is 10.0. The molecule has 118 valence electrons. The second-order valence-corrected chi connectivity index (χ2v) is 5.28. The first-order valence-corrected chi connectivity index (χ1v) is 7.24. The Morgan fingerprint density at radius 2 is 2.10 bits per heavy atom. The third-order valence-corrected chi connectivity index (χ3v) is 3.11. The van der Waals surface area contributed by atoms with E-state index in [0.717, 1.165) is 5.56 Å². The number of para-hydroxylation sites is 1. The summed E-state index contributed by atoms with van der Waals surface area (Å²) in [6, 6.07) is 5.05. The topological polar surface area (TPSA) is 67.8 Å². The summed E-state index contributed by atoms with van der Waals surface area (Å²) < 4.78 is 10.9. The molecular weight excluding hydrogens is 270 g/mol. The molecule has 0 spiro atoms. The molecule has 5 heteroatoms. The van der Waals surface area contributed by atoms with E-state index in [0.29, 0.717) is 37.0 Å². The quantitative estimate of drug-likeness (QED) is 0.733. The van der Waals surface area contributed by atoms with E-state index in [1.165, 1.54) is 0 Å². The van der Waals surface area contributed by atoms with Crippen molar-refractivity contribution >= 4 is 5.97 Å². The van der Waals surface area contributed by atoms with Crippen molar-refractivity contribution in [3.05, 3.63) is 23.8 Å². The van der Waals surface area contributed by atoms with E-state index in [4.69, 9.17) is 9.47 Å². The summed E-state index contributed by atoms with van der Waals surface area (Å²) >= 11 is 0. The number of carboxylic acid groups (broad SMARTS) is 1. The Bertz CT molecular complexity index is 460. The zero-order valence-electron chi connectivity index (χ0n) is 13.2. The van der Waals surface area contributed by atoms with Gasteiger partial charge in [0.1, 0.15) is 6.04 Å². The summed E-state index contributed by atoms with van der Waals surface area (Å²) in [7, 11) is 1.59. The Morgan fingerprint density at radius 1 is 1.38 bits per heavy atom. The maximum Gasteiger partial charge on any atom is 0.320 e. The summed E-state index contributed by atoms with van der Waals surface area (Å²) in [6.07, 6.45) is 0.587. The number of hydrogen-bond donors (Lipinski definition) is 2. The van der Waals surface area contributed by atoms with Gasteiger partial charge in [0, 0.05) is 12.1 Å². The molecule has 0 saturated carbocycles. The van der Waals surface area contributed by atoms with Gasteiger partial charge in [-0.15, -0.1) is 0 Å². The average Bonchev–Trinajstić information content (AvgIpc) is 2.44. The molecule has 1 unspecified atom stereocenters. The molecular formula is C16H25NO4. The lowest BCUT2D eigenvalue weighted by molar-refractivity contribution is -0.140. The van der Waals surface area contributed by atoms with E-state index in [1.54, 1.807) is 7.11 Å². The van der Waals surface area contributed by atoms with Gasteiger partial charge in [-0.05, 0) is 25.3 Å². The van der Waals surface area contributed by atoms with Crippen molar-refractivity contribution in [2.24, 2.45) is 5.92 Å². The van der Waals surface area contributed by atoms with Crippen LogP contribution in [-0.2, 0) is 11.3 Å². The molecule has 0 aliphatic carbocycles. The van der Waals surface area contributed by atoms with Gasteiger partial charge in [-0.3, -0.25) is 4.79 Å². The van der Waals surface area contributed by atoms with Gasteiger partial charge in [0.25, 0.3) is 0 Å². The lowest BCUT2D eigenvalue weighted by Gasteiger charge is -2.19. The van der Waals surface area contributed by atoms with Crippen LogP contribution in [0, 0.1) is 5.92 Å². The molecule has 1 atom stereocenters. The Labute approximate surface area is 126 Å². The molecule has 0 aliphatic heterocycles. The van der Waals surface area contributed by atoms with E-state index in [-0.39, 0.29) is 0 Å². The predicted molar refractivity (Wildman–Crippen MR) is 81.9 cm³/mol. The van der Waals surface area contributed by atoms with Crippen molar-refractivity contribution in [1.29, 1.82) is 0 Å². The van der Waals surface area contributed by atoms with Gasteiger partial charge in [0.15, 0.2) is 11.5 Å². The molecule has 5 nitrogen and oxygen atoms in total. The molecule has 21 heavy (non-hydrogen) atoms. The average molecular weight is 295 g/mol. The standard InChI is InChI=1S/C16H25NO4/c1-5-21-15-12(7-6-8-14(15)20-4)10-17-13(16(18)19)9-11(2)3/h6-8,11,13,17H,5,9-10H2,1-4H3,(H,18,19). The molecule has 0 fully saturated rings. The highest BCUT2D eigenvalue weighted by molar-refractivity contribution is 5.73. The van der Waals surface area contributed by atoms with Crippen molar-refractivity contribution in [2.75, 3.05) is 13.7 Å². The largest absolute Gasteiger partial charge is 0.493 e. The monoisotopic (exact) mass is 295 g/mol. The van der Waals surface area contributed by atoms with Gasteiger partial charge < -0.3 is 19.9 Å². The van der Waals surface area contributed by atoms with Gasteiger partial charge in [0.2, 0.25) is 0 Å². The first kappa shape index (κ1) is 17.3. The van der Waals surface area contributed by atoms with Crippen molar-refractivity contribution < 1.29 is 19.4 Å². The number of hydrogen-bond acceptors (Lipinski definition) is 4. The minimum absolute atomic E-state index is 0.315. The second kappa shape index (κ2) is 8.52. The highest BCUT2D eigenvalue weighted by Gasteiger charge is 2.19. The first-order valence-electron chi connectivity index (χ1n) is 7.24. The summed E-state index contributed by atoms with van der Waals surface area (Å²) in [5.41, 5.74) is 0.895. The van der Waals surface area contributed by atoms with Crippen LogP contribution in [0.25, 0.3) is 0 Å². The van der Waals surface area contributed by atoms with Crippen molar-refractivity contribution in [1.82, 2.24) is 5.32 Å². The third kappa shape index (κ3) is 5.27. The van der Waals surface area contributed by atoms with Crippen molar-refractivity contribution in [3.8, 4) is 11.5 Å². The second-order valence-electron chi connectivity index (χ2n) is 5.28. The normalized spacial score (nSPS) is 12.2.